The average molecular weight is 439 g/mol. The fraction of sp³-hybridized carbons (Fsp3) is 0.136. The number of hydrogen-bond acceptors (Lipinski definition) is 4. The molecular weight excluding hydrogens is 424 g/mol. The molecule has 0 bridgehead atoms. The van der Waals surface area contributed by atoms with Crippen LogP contribution in [0, 0.1) is 0 Å². The molecule has 2 aliphatic rings. The molecule has 0 aliphatic carbocycles. The molecule has 0 saturated heterocycles. The maximum absolute atomic E-state index is 13.5. The van der Waals surface area contributed by atoms with Gasteiger partial charge in [0, 0.05) is 23.3 Å². The van der Waals surface area contributed by atoms with Crippen LogP contribution in [0.25, 0.3) is 11.1 Å². The van der Waals surface area contributed by atoms with Crippen molar-refractivity contribution in [3.63, 3.8) is 0 Å². The van der Waals surface area contributed by atoms with Crippen molar-refractivity contribution < 1.29 is 19.5 Å². The van der Waals surface area contributed by atoms with Gasteiger partial charge in [0.2, 0.25) is 11.8 Å². The van der Waals surface area contributed by atoms with Crippen LogP contribution in [0.1, 0.15) is 26.5 Å². The van der Waals surface area contributed by atoms with Gasteiger partial charge in [0.25, 0.3) is 0 Å². The van der Waals surface area contributed by atoms with E-state index in [4.69, 9.17) is 11.6 Å². The molecule has 3 aromatic rings. The van der Waals surface area contributed by atoms with E-state index in [9.17, 15) is 19.5 Å². The number of benzene rings is 2. The maximum Gasteiger partial charge on any atom is 0.346 e. The van der Waals surface area contributed by atoms with Gasteiger partial charge in [-0.25, -0.2) is 4.79 Å². The SMILES string of the molecule is CN1C(=O)C2(CC(=O)Nc3c2sc(C(=O)O)c3-c2ccccc2)c2cc(Cl)ccc21. The Morgan fingerprint density at radius 1 is 1.20 bits per heavy atom. The van der Waals surface area contributed by atoms with Gasteiger partial charge in [-0.15, -0.1) is 11.3 Å². The van der Waals surface area contributed by atoms with Crippen LogP contribution in [0.3, 0.4) is 0 Å². The number of halogens is 1. The average Bonchev–Trinajstić information content (AvgIpc) is 3.20. The van der Waals surface area contributed by atoms with Gasteiger partial charge in [0.1, 0.15) is 10.3 Å². The summed E-state index contributed by atoms with van der Waals surface area (Å²) in [4.78, 5) is 40.6. The Hall–Kier alpha value is -3.16. The van der Waals surface area contributed by atoms with Crippen LogP contribution in [0.5, 0.6) is 0 Å². The molecule has 2 aliphatic heterocycles. The molecule has 1 atom stereocenters. The minimum absolute atomic E-state index is 0.0821. The van der Waals surface area contributed by atoms with Crippen LogP contribution in [-0.2, 0) is 15.0 Å². The van der Waals surface area contributed by atoms with Gasteiger partial charge in [-0.05, 0) is 29.3 Å². The summed E-state index contributed by atoms with van der Waals surface area (Å²) in [6, 6.07) is 14.1. The summed E-state index contributed by atoms with van der Waals surface area (Å²) in [6.07, 6.45) is -0.107. The van der Waals surface area contributed by atoms with Gasteiger partial charge >= 0.3 is 5.97 Å². The summed E-state index contributed by atoms with van der Waals surface area (Å²) in [6.45, 7) is 0. The van der Waals surface area contributed by atoms with Crippen molar-refractivity contribution >= 4 is 52.1 Å². The van der Waals surface area contributed by atoms with Crippen molar-refractivity contribution in [3.05, 3.63) is 68.9 Å². The van der Waals surface area contributed by atoms with Gasteiger partial charge in [0.05, 0.1) is 17.0 Å². The number of carboxylic acid groups (broad SMARTS) is 1. The highest BCUT2D eigenvalue weighted by molar-refractivity contribution is 7.15. The molecule has 0 radical (unpaired) electrons. The number of nitrogens with one attached hydrogen (secondary N) is 1. The lowest BCUT2D eigenvalue weighted by atomic mass is 9.74. The van der Waals surface area contributed by atoms with Crippen LogP contribution in [0.15, 0.2) is 48.5 Å². The van der Waals surface area contributed by atoms with Gasteiger partial charge in [-0.1, -0.05) is 41.9 Å². The first-order valence-corrected chi connectivity index (χ1v) is 10.4. The zero-order valence-corrected chi connectivity index (χ0v) is 17.3. The summed E-state index contributed by atoms with van der Waals surface area (Å²) in [5.74, 6) is -1.72. The Kier molecular flexibility index (Phi) is 4.03. The highest BCUT2D eigenvalue weighted by atomic mass is 35.5. The second kappa shape index (κ2) is 6.42. The summed E-state index contributed by atoms with van der Waals surface area (Å²) < 4.78 is 0. The second-order valence-corrected chi connectivity index (χ2v) is 8.79. The number of nitrogens with zero attached hydrogens (tertiary/aromatic N) is 1. The largest absolute Gasteiger partial charge is 0.477 e. The van der Waals surface area contributed by atoms with Crippen LogP contribution >= 0.6 is 22.9 Å². The smallest absolute Gasteiger partial charge is 0.346 e. The van der Waals surface area contributed by atoms with Crippen LogP contribution in [0.2, 0.25) is 5.02 Å². The predicted octanol–water partition coefficient (Wildman–Crippen LogP) is 4.37. The normalized spacial score (nSPS) is 19.6. The minimum atomic E-state index is -1.30. The molecule has 0 fully saturated rings. The first-order chi connectivity index (χ1) is 14.3. The van der Waals surface area contributed by atoms with Crippen molar-refractivity contribution in [1.29, 1.82) is 0 Å². The van der Waals surface area contributed by atoms with E-state index in [2.05, 4.69) is 5.32 Å². The standard InChI is InChI=1S/C22H15ClN2O4S/c1-25-14-8-7-12(23)9-13(14)22(21(25)29)10-15(26)24-17-16(11-5-3-2-4-6-11)18(20(27)28)30-19(17)22/h2-9H,10H2,1H3,(H,24,26)(H,27,28). The number of aromatic carboxylic acids is 1. The van der Waals surface area contributed by atoms with Crippen molar-refractivity contribution in [1.82, 2.24) is 0 Å². The Balaban J connectivity index is 1.88. The molecule has 5 rings (SSSR count). The number of hydrogen-bond donors (Lipinski definition) is 2. The van der Waals surface area contributed by atoms with E-state index in [-0.39, 0.29) is 23.1 Å². The van der Waals surface area contributed by atoms with E-state index in [1.807, 2.05) is 6.07 Å². The number of carbonyl (C=O) groups is 3. The maximum atomic E-state index is 13.5. The number of carboxylic acids is 1. The Labute approximate surface area is 180 Å². The van der Waals surface area contributed by atoms with Crippen molar-refractivity contribution in [2.75, 3.05) is 17.3 Å². The molecule has 8 heteroatoms. The van der Waals surface area contributed by atoms with Crippen molar-refractivity contribution in [3.8, 4) is 11.1 Å². The number of rotatable bonds is 2. The molecule has 2 N–H and O–H groups in total. The number of carbonyl (C=O) groups excluding carboxylic acids is 2. The van der Waals surface area contributed by atoms with E-state index >= 15 is 0 Å². The van der Waals surface area contributed by atoms with Crippen LogP contribution in [0.4, 0.5) is 11.4 Å². The Morgan fingerprint density at radius 2 is 1.93 bits per heavy atom. The van der Waals surface area contributed by atoms with E-state index in [1.165, 1.54) is 4.90 Å². The highest BCUT2D eigenvalue weighted by Gasteiger charge is 2.57. The first kappa shape index (κ1) is 18.8. The van der Waals surface area contributed by atoms with Crippen LogP contribution in [-0.4, -0.2) is 29.9 Å². The predicted molar refractivity (Wildman–Crippen MR) is 116 cm³/mol. The summed E-state index contributed by atoms with van der Waals surface area (Å²) in [5.41, 5.74) is 1.45. The third-order valence-corrected chi connectivity index (χ3v) is 7.27. The molecule has 2 amide bonds. The van der Waals surface area contributed by atoms with E-state index in [1.54, 1.807) is 49.5 Å². The second-order valence-electron chi connectivity index (χ2n) is 7.34. The third kappa shape index (κ3) is 2.39. The molecule has 1 unspecified atom stereocenters. The minimum Gasteiger partial charge on any atom is -0.477 e. The molecule has 150 valence electrons. The first-order valence-electron chi connectivity index (χ1n) is 9.18. The lowest BCUT2D eigenvalue weighted by Crippen LogP contribution is -2.45. The molecule has 2 aromatic carbocycles. The highest BCUT2D eigenvalue weighted by Crippen LogP contribution is 2.57. The van der Waals surface area contributed by atoms with Crippen molar-refractivity contribution in [2.45, 2.75) is 11.8 Å². The molecule has 1 aromatic heterocycles. The lowest BCUT2D eigenvalue weighted by molar-refractivity contribution is -0.126. The summed E-state index contributed by atoms with van der Waals surface area (Å²) in [5, 5.41) is 13.2. The van der Waals surface area contributed by atoms with Crippen LogP contribution < -0.4 is 10.2 Å². The number of thiophene rings is 1. The topological polar surface area (TPSA) is 86.7 Å². The van der Waals surface area contributed by atoms with Gasteiger partial charge in [0.15, 0.2) is 0 Å². The molecule has 0 saturated carbocycles. The molecule has 1 spiro atoms. The Morgan fingerprint density at radius 3 is 2.63 bits per heavy atom. The van der Waals surface area contributed by atoms with E-state index in [0.29, 0.717) is 38.0 Å². The van der Waals surface area contributed by atoms with E-state index in [0.717, 1.165) is 11.3 Å². The fourth-order valence-corrected chi connectivity index (χ4v) is 5.91. The number of likely N-dealkylation sites (N-methyl/N-ethyl adjacent to an activating group) is 1. The van der Waals surface area contributed by atoms with E-state index < -0.39 is 11.4 Å². The zero-order valence-electron chi connectivity index (χ0n) is 15.7. The number of fused-ring (bicyclic) bond motifs is 4. The monoisotopic (exact) mass is 438 g/mol. The van der Waals surface area contributed by atoms with Gasteiger partial charge in [-0.2, -0.15) is 0 Å². The molecular formula is C22H15ClN2O4S. The lowest BCUT2D eigenvalue weighted by Gasteiger charge is -2.32. The third-order valence-electron chi connectivity index (χ3n) is 5.69. The van der Waals surface area contributed by atoms with Gasteiger partial charge < -0.3 is 15.3 Å². The summed E-state index contributed by atoms with van der Waals surface area (Å²) in [7, 11) is 1.65. The number of amides is 2. The zero-order chi connectivity index (χ0) is 21.2. The molecule has 3 heterocycles. The molecule has 30 heavy (non-hydrogen) atoms. The summed E-state index contributed by atoms with van der Waals surface area (Å²) >= 11 is 7.28. The van der Waals surface area contributed by atoms with Gasteiger partial charge in [-0.3, -0.25) is 9.59 Å². The fourth-order valence-electron chi connectivity index (χ4n) is 4.43. The molecule has 6 nitrogen and oxygen atoms in total. The van der Waals surface area contributed by atoms with Crippen molar-refractivity contribution in [2.24, 2.45) is 0 Å². The Bertz CT molecular complexity index is 1250. The number of anilines is 2. The quantitative estimate of drug-likeness (QED) is 0.622.